The molecule has 0 aromatic rings. The Kier molecular flexibility index (Phi) is 5.11. The van der Waals surface area contributed by atoms with E-state index in [1.54, 1.807) is 11.8 Å². The monoisotopic (exact) mass is 168 g/mol. The Balaban J connectivity index is 0.000000561. The molecule has 0 amide bonds. The Morgan fingerprint density at radius 3 is 2.50 bits per heavy atom. The standard InChI is InChI=1S/C7H10N2O.C2H6/c1-6(10)7-3-2-4-9(7)5-8;1-2/h7H,2-4H2,1H3;1-2H3/t7-;/m0./s1. The summed E-state index contributed by atoms with van der Waals surface area (Å²) in [7, 11) is 0. The number of hydrogen-bond acceptors (Lipinski definition) is 3. The van der Waals surface area contributed by atoms with Crippen molar-refractivity contribution in [1.82, 2.24) is 4.90 Å². The quantitative estimate of drug-likeness (QED) is 0.558. The third-order valence-electron chi connectivity index (χ3n) is 1.85. The maximum Gasteiger partial charge on any atom is 0.179 e. The second kappa shape index (κ2) is 5.59. The van der Waals surface area contributed by atoms with Gasteiger partial charge in [-0.1, -0.05) is 13.8 Å². The van der Waals surface area contributed by atoms with Crippen molar-refractivity contribution >= 4 is 5.78 Å². The minimum atomic E-state index is -0.120. The average molecular weight is 168 g/mol. The van der Waals surface area contributed by atoms with Crippen molar-refractivity contribution in [3.8, 4) is 6.19 Å². The van der Waals surface area contributed by atoms with E-state index in [1.807, 2.05) is 20.0 Å². The van der Waals surface area contributed by atoms with Crippen LogP contribution in [0.5, 0.6) is 0 Å². The summed E-state index contributed by atoms with van der Waals surface area (Å²) >= 11 is 0. The van der Waals surface area contributed by atoms with Gasteiger partial charge in [-0.3, -0.25) is 4.79 Å². The largest absolute Gasteiger partial charge is 0.300 e. The van der Waals surface area contributed by atoms with E-state index in [0.717, 1.165) is 19.4 Å². The molecule has 0 aromatic heterocycles. The lowest BCUT2D eigenvalue weighted by atomic mass is 10.1. The predicted molar refractivity (Wildman–Crippen MR) is 47.4 cm³/mol. The van der Waals surface area contributed by atoms with Crippen molar-refractivity contribution in [3.05, 3.63) is 0 Å². The van der Waals surface area contributed by atoms with Crippen LogP contribution in [0.25, 0.3) is 0 Å². The third kappa shape index (κ3) is 2.54. The highest BCUT2D eigenvalue weighted by atomic mass is 16.1. The number of rotatable bonds is 1. The molecule has 0 N–H and O–H groups in total. The van der Waals surface area contributed by atoms with Crippen molar-refractivity contribution in [1.29, 1.82) is 5.26 Å². The molecule has 3 heteroatoms. The van der Waals surface area contributed by atoms with Crippen molar-refractivity contribution in [2.45, 2.75) is 39.7 Å². The average Bonchev–Trinajstić information content (AvgIpc) is 2.55. The molecule has 0 radical (unpaired) electrons. The Hall–Kier alpha value is -1.04. The van der Waals surface area contributed by atoms with Gasteiger partial charge in [0.1, 0.15) is 0 Å². The summed E-state index contributed by atoms with van der Waals surface area (Å²) < 4.78 is 0. The minimum Gasteiger partial charge on any atom is -0.300 e. The van der Waals surface area contributed by atoms with Crippen LogP contribution in [-0.2, 0) is 4.79 Å². The fourth-order valence-electron chi connectivity index (χ4n) is 1.31. The first-order chi connectivity index (χ1) is 5.75. The molecule has 1 saturated heterocycles. The van der Waals surface area contributed by atoms with Gasteiger partial charge in [0.15, 0.2) is 12.0 Å². The van der Waals surface area contributed by atoms with Crippen LogP contribution >= 0.6 is 0 Å². The van der Waals surface area contributed by atoms with E-state index in [4.69, 9.17) is 5.26 Å². The van der Waals surface area contributed by atoms with Crippen LogP contribution in [0.4, 0.5) is 0 Å². The van der Waals surface area contributed by atoms with Crippen LogP contribution in [0, 0.1) is 11.5 Å². The van der Waals surface area contributed by atoms with Gasteiger partial charge in [0, 0.05) is 6.54 Å². The molecule has 3 nitrogen and oxygen atoms in total. The molecule has 0 aliphatic carbocycles. The molecule has 1 rings (SSSR count). The zero-order valence-electron chi connectivity index (χ0n) is 8.00. The Morgan fingerprint density at radius 1 is 1.58 bits per heavy atom. The van der Waals surface area contributed by atoms with Gasteiger partial charge < -0.3 is 4.90 Å². The van der Waals surface area contributed by atoms with Gasteiger partial charge in [-0.05, 0) is 19.8 Å². The molecule has 68 valence electrons. The highest BCUT2D eigenvalue weighted by molar-refractivity contribution is 5.81. The van der Waals surface area contributed by atoms with Crippen LogP contribution in [0.2, 0.25) is 0 Å². The van der Waals surface area contributed by atoms with Gasteiger partial charge in [0.25, 0.3) is 0 Å². The van der Waals surface area contributed by atoms with Gasteiger partial charge in [0.05, 0.1) is 6.04 Å². The van der Waals surface area contributed by atoms with Gasteiger partial charge in [-0.15, -0.1) is 0 Å². The lowest BCUT2D eigenvalue weighted by Crippen LogP contribution is -2.30. The molecule has 1 fully saturated rings. The minimum absolute atomic E-state index is 0.110. The lowest BCUT2D eigenvalue weighted by molar-refractivity contribution is -0.120. The van der Waals surface area contributed by atoms with Crippen LogP contribution in [-0.4, -0.2) is 23.3 Å². The summed E-state index contributed by atoms with van der Waals surface area (Å²) in [5.41, 5.74) is 0. The molecule has 1 aliphatic rings. The number of nitrogens with zero attached hydrogens (tertiary/aromatic N) is 2. The van der Waals surface area contributed by atoms with E-state index in [2.05, 4.69) is 0 Å². The maximum atomic E-state index is 10.8. The first-order valence-corrected chi connectivity index (χ1v) is 4.42. The smallest absolute Gasteiger partial charge is 0.179 e. The van der Waals surface area contributed by atoms with E-state index in [-0.39, 0.29) is 11.8 Å². The van der Waals surface area contributed by atoms with E-state index < -0.39 is 0 Å². The lowest BCUT2D eigenvalue weighted by Gasteiger charge is -2.13. The third-order valence-corrected chi connectivity index (χ3v) is 1.85. The van der Waals surface area contributed by atoms with E-state index in [9.17, 15) is 4.79 Å². The first kappa shape index (κ1) is 11.0. The molecule has 12 heavy (non-hydrogen) atoms. The van der Waals surface area contributed by atoms with Crippen molar-refractivity contribution in [2.24, 2.45) is 0 Å². The first-order valence-electron chi connectivity index (χ1n) is 4.42. The zero-order valence-corrected chi connectivity index (χ0v) is 8.00. The summed E-state index contributed by atoms with van der Waals surface area (Å²) in [6.45, 7) is 6.29. The molecule has 1 heterocycles. The van der Waals surface area contributed by atoms with Gasteiger partial charge in [-0.2, -0.15) is 5.26 Å². The molecule has 0 unspecified atom stereocenters. The Labute approximate surface area is 74.0 Å². The normalized spacial score (nSPS) is 20.8. The fraction of sp³-hybridized carbons (Fsp3) is 0.778. The van der Waals surface area contributed by atoms with Crippen molar-refractivity contribution in [3.63, 3.8) is 0 Å². The van der Waals surface area contributed by atoms with Gasteiger partial charge >= 0.3 is 0 Å². The van der Waals surface area contributed by atoms with E-state index in [0.29, 0.717) is 0 Å². The zero-order chi connectivity index (χ0) is 9.56. The van der Waals surface area contributed by atoms with E-state index >= 15 is 0 Å². The summed E-state index contributed by atoms with van der Waals surface area (Å²) in [6.07, 6.45) is 3.83. The van der Waals surface area contributed by atoms with Crippen LogP contribution in [0.3, 0.4) is 0 Å². The molecule has 0 spiro atoms. The van der Waals surface area contributed by atoms with Crippen LogP contribution < -0.4 is 0 Å². The highest BCUT2D eigenvalue weighted by Crippen LogP contribution is 2.15. The number of carbonyl (C=O) groups excluding carboxylic acids is 1. The van der Waals surface area contributed by atoms with Crippen molar-refractivity contribution in [2.75, 3.05) is 6.54 Å². The van der Waals surface area contributed by atoms with Gasteiger partial charge in [0.2, 0.25) is 0 Å². The molecule has 0 saturated carbocycles. The fourth-order valence-corrected chi connectivity index (χ4v) is 1.31. The topological polar surface area (TPSA) is 44.1 Å². The Morgan fingerprint density at radius 2 is 2.17 bits per heavy atom. The number of carbonyl (C=O) groups is 1. The molecule has 0 aromatic carbocycles. The highest BCUT2D eigenvalue weighted by Gasteiger charge is 2.26. The summed E-state index contributed by atoms with van der Waals surface area (Å²) in [5, 5.41) is 8.51. The Bertz CT molecular complexity index is 183. The van der Waals surface area contributed by atoms with Crippen LogP contribution in [0.15, 0.2) is 0 Å². The molecular formula is C9H16N2O. The molecular weight excluding hydrogens is 152 g/mol. The maximum absolute atomic E-state index is 10.8. The number of Topliss-reactive ketones (excluding diaryl/α,β-unsaturated/α-hetero) is 1. The van der Waals surface area contributed by atoms with E-state index in [1.165, 1.54) is 0 Å². The number of ketones is 1. The second-order valence-electron chi connectivity index (χ2n) is 2.56. The number of hydrogen-bond donors (Lipinski definition) is 0. The summed E-state index contributed by atoms with van der Waals surface area (Å²) in [4.78, 5) is 12.4. The SMILES string of the molecule is CC.CC(=O)[C@@H]1CCCN1C#N. The second-order valence-corrected chi connectivity index (χ2v) is 2.56. The van der Waals surface area contributed by atoms with Crippen LogP contribution in [0.1, 0.15) is 33.6 Å². The number of likely N-dealkylation sites (tertiary alicyclic amines) is 1. The summed E-state index contributed by atoms with van der Waals surface area (Å²) in [5.74, 6) is 0.110. The summed E-state index contributed by atoms with van der Waals surface area (Å²) in [6, 6.07) is -0.120. The van der Waals surface area contributed by atoms with Crippen molar-refractivity contribution < 1.29 is 4.79 Å². The molecule has 1 aliphatic heterocycles. The van der Waals surface area contributed by atoms with Gasteiger partial charge in [-0.25, -0.2) is 0 Å². The molecule has 0 bridgehead atoms. The number of nitriles is 1. The predicted octanol–water partition coefficient (Wildman–Crippen LogP) is 1.55. The molecule has 1 atom stereocenters.